The Kier molecular flexibility index (Phi) is 10.3. The molecular formula is C24H34N2O4. The van der Waals surface area contributed by atoms with Gasteiger partial charge in [0.05, 0.1) is 18.3 Å². The van der Waals surface area contributed by atoms with Crippen LogP contribution in [0.1, 0.15) is 54.3 Å². The number of carbonyl (C=O) groups excluding carboxylic acids is 1. The molecular weight excluding hydrogens is 380 g/mol. The minimum Gasteiger partial charge on any atom is -0.490 e. The van der Waals surface area contributed by atoms with E-state index in [-0.39, 0.29) is 11.6 Å². The molecule has 0 aromatic heterocycles. The van der Waals surface area contributed by atoms with Gasteiger partial charge in [0.25, 0.3) is 5.91 Å². The summed E-state index contributed by atoms with van der Waals surface area (Å²) in [7, 11) is 0. The standard InChI is InChI=1S/C24H34N2O4/c1-3-29-14-15-30-23-13-12-20(16-21(23)24(25)28)22(27)17-26-18(2)8-7-11-19-9-5-4-6-10-19/h4-6,9-10,12-13,16,18,22,26-27H,3,7-8,11,14-15,17H2,1-2H3,(H2,25,28). The lowest BCUT2D eigenvalue weighted by molar-refractivity contribution is 0.0978. The maximum Gasteiger partial charge on any atom is 0.252 e. The lowest BCUT2D eigenvalue weighted by Crippen LogP contribution is -2.30. The Balaban J connectivity index is 1.82. The van der Waals surface area contributed by atoms with Crippen LogP contribution in [0.4, 0.5) is 0 Å². The van der Waals surface area contributed by atoms with E-state index >= 15 is 0 Å². The minimum atomic E-state index is -0.739. The number of rotatable bonds is 14. The molecule has 0 spiro atoms. The van der Waals surface area contributed by atoms with Gasteiger partial charge in [-0.25, -0.2) is 0 Å². The number of aryl methyl sites for hydroxylation is 1. The highest BCUT2D eigenvalue weighted by Gasteiger charge is 2.15. The molecule has 2 atom stereocenters. The molecule has 6 nitrogen and oxygen atoms in total. The summed E-state index contributed by atoms with van der Waals surface area (Å²) in [6.45, 7) is 5.79. The van der Waals surface area contributed by atoms with Crippen LogP contribution in [0.3, 0.4) is 0 Å². The zero-order valence-electron chi connectivity index (χ0n) is 18.0. The fraction of sp³-hybridized carbons (Fsp3) is 0.458. The molecule has 1 amide bonds. The molecule has 0 heterocycles. The Hall–Kier alpha value is -2.41. The van der Waals surface area contributed by atoms with Gasteiger partial charge in [0.1, 0.15) is 12.4 Å². The Morgan fingerprint density at radius 2 is 1.93 bits per heavy atom. The first-order chi connectivity index (χ1) is 14.5. The predicted octanol–water partition coefficient (Wildman–Crippen LogP) is 3.24. The van der Waals surface area contributed by atoms with Crippen molar-refractivity contribution in [3.8, 4) is 5.75 Å². The van der Waals surface area contributed by atoms with Gasteiger partial charge in [-0.05, 0) is 56.4 Å². The van der Waals surface area contributed by atoms with E-state index < -0.39 is 12.0 Å². The van der Waals surface area contributed by atoms with Crippen molar-refractivity contribution in [1.82, 2.24) is 5.32 Å². The van der Waals surface area contributed by atoms with Crippen molar-refractivity contribution in [2.24, 2.45) is 5.73 Å². The Morgan fingerprint density at radius 1 is 1.17 bits per heavy atom. The van der Waals surface area contributed by atoms with Crippen molar-refractivity contribution >= 4 is 5.91 Å². The molecule has 30 heavy (non-hydrogen) atoms. The lowest BCUT2D eigenvalue weighted by Gasteiger charge is -2.18. The molecule has 164 valence electrons. The second-order valence-corrected chi connectivity index (χ2v) is 7.37. The number of amides is 1. The van der Waals surface area contributed by atoms with Gasteiger partial charge in [-0.3, -0.25) is 4.79 Å². The number of nitrogens with two attached hydrogens (primary N) is 1. The van der Waals surface area contributed by atoms with Crippen molar-refractivity contribution in [2.75, 3.05) is 26.4 Å². The lowest BCUT2D eigenvalue weighted by atomic mass is 10.0. The fourth-order valence-corrected chi connectivity index (χ4v) is 3.22. The first-order valence-corrected chi connectivity index (χ1v) is 10.6. The van der Waals surface area contributed by atoms with Crippen LogP contribution in [0, 0.1) is 0 Å². The zero-order chi connectivity index (χ0) is 21.8. The molecule has 0 aliphatic rings. The van der Waals surface area contributed by atoms with E-state index in [1.54, 1.807) is 18.2 Å². The average Bonchev–Trinajstić information content (AvgIpc) is 2.75. The van der Waals surface area contributed by atoms with Crippen molar-refractivity contribution in [1.29, 1.82) is 0 Å². The van der Waals surface area contributed by atoms with E-state index in [9.17, 15) is 9.90 Å². The van der Waals surface area contributed by atoms with E-state index in [1.807, 2.05) is 13.0 Å². The first kappa shape index (κ1) is 23.9. The number of benzene rings is 2. The maximum atomic E-state index is 11.8. The largest absolute Gasteiger partial charge is 0.490 e. The molecule has 0 aliphatic heterocycles. The molecule has 0 bridgehead atoms. The van der Waals surface area contributed by atoms with E-state index in [0.29, 0.717) is 37.7 Å². The van der Waals surface area contributed by atoms with Crippen LogP contribution in [0.2, 0.25) is 0 Å². The molecule has 0 saturated carbocycles. The number of aliphatic hydroxyl groups excluding tert-OH is 1. The summed E-state index contributed by atoms with van der Waals surface area (Å²) in [6, 6.07) is 15.7. The highest BCUT2D eigenvalue weighted by atomic mass is 16.5. The molecule has 0 radical (unpaired) electrons. The predicted molar refractivity (Wildman–Crippen MR) is 119 cm³/mol. The number of carbonyl (C=O) groups is 1. The zero-order valence-corrected chi connectivity index (χ0v) is 18.0. The van der Waals surface area contributed by atoms with E-state index in [2.05, 4.69) is 36.5 Å². The molecule has 4 N–H and O–H groups in total. The fourth-order valence-electron chi connectivity index (χ4n) is 3.22. The van der Waals surface area contributed by atoms with Crippen molar-refractivity contribution in [3.63, 3.8) is 0 Å². The highest BCUT2D eigenvalue weighted by Crippen LogP contribution is 2.23. The van der Waals surface area contributed by atoms with Gasteiger partial charge in [-0.15, -0.1) is 0 Å². The van der Waals surface area contributed by atoms with Gasteiger partial charge < -0.3 is 25.6 Å². The maximum absolute atomic E-state index is 11.8. The van der Waals surface area contributed by atoms with Gasteiger partial charge in [-0.1, -0.05) is 36.4 Å². The molecule has 2 aromatic rings. The summed E-state index contributed by atoms with van der Waals surface area (Å²) >= 11 is 0. The van der Waals surface area contributed by atoms with Crippen molar-refractivity contribution < 1.29 is 19.4 Å². The summed E-state index contributed by atoms with van der Waals surface area (Å²) in [5.74, 6) is -0.182. The average molecular weight is 415 g/mol. The monoisotopic (exact) mass is 414 g/mol. The Labute approximate surface area is 179 Å². The van der Waals surface area contributed by atoms with Crippen LogP contribution >= 0.6 is 0 Å². The van der Waals surface area contributed by atoms with Gasteiger partial charge in [-0.2, -0.15) is 0 Å². The number of ether oxygens (including phenoxy) is 2. The summed E-state index contributed by atoms with van der Waals surface area (Å²) < 4.78 is 10.8. The summed E-state index contributed by atoms with van der Waals surface area (Å²) in [6.07, 6.45) is 2.40. The van der Waals surface area contributed by atoms with E-state index in [0.717, 1.165) is 19.3 Å². The third kappa shape index (κ3) is 8.14. The SMILES string of the molecule is CCOCCOc1ccc(C(O)CNC(C)CCCc2ccccc2)cc1C(N)=O. The summed E-state index contributed by atoms with van der Waals surface area (Å²) in [5, 5.41) is 13.9. The number of hydrogen-bond donors (Lipinski definition) is 3. The van der Waals surface area contributed by atoms with E-state index in [4.69, 9.17) is 15.2 Å². The highest BCUT2D eigenvalue weighted by molar-refractivity contribution is 5.95. The molecule has 2 rings (SSSR count). The van der Waals surface area contributed by atoms with Crippen LogP contribution in [0.25, 0.3) is 0 Å². The molecule has 0 aliphatic carbocycles. The Bertz CT molecular complexity index is 767. The Morgan fingerprint density at radius 3 is 2.63 bits per heavy atom. The topological polar surface area (TPSA) is 93.8 Å². The van der Waals surface area contributed by atoms with Crippen molar-refractivity contribution in [3.05, 3.63) is 65.2 Å². The third-order valence-corrected chi connectivity index (χ3v) is 4.95. The third-order valence-electron chi connectivity index (χ3n) is 4.95. The number of hydrogen-bond acceptors (Lipinski definition) is 5. The first-order valence-electron chi connectivity index (χ1n) is 10.6. The van der Waals surface area contributed by atoms with Crippen LogP contribution in [0.15, 0.2) is 48.5 Å². The number of nitrogens with one attached hydrogen (secondary N) is 1. The summed E-state index contributed by atoms with van der Waals surface area (Å²) in [4.78, 5) is 11.8. The molecule has 0 saturated heterocycles. The van der Waals surface area contributed by atoms with Crippen LogP contribution in [-0.2, 0) is 11.2 Å². The number of primary amides is 1. The van der Waals surface area contributed by atoms with Crippen LogP contribution in [0.5, 0.6) is 5.75 Å². The molecule has 2 aromatic carbocycles. The minimum absolute atomic E-state index is 0.263. The van der Waals surface area contributed by atoms with Gasteiger partial charge in [0, 0.05) is 19.2 Å². The smallest absolute Gasteiger partial charge is 0.252 e. The normalized spacial score (nSPS) is 13.0. The molecule has 2 unspecified atom stereocenters. The van der Waals surface area contributed by atoms with Gasteiger partial charge >= 0.3 is 0 Å². The molecule has 6 heteroatoms. The second-order valence-electron chi connectivity index (χ2n) is 7.37. The molecule has 0 fully saturated rings. The van der Waals surface area contributed by atoms with Crippen molar-refractivity contribution in [2.45, 2.75) is 45.3 Å². The summed E-state index contributed by atoms with van der Waals surface area (Å²) in [5.41, 5.74) is 7.72. The quantitative estimate of drug-likeness (QED) is 0.413. The second kappa shape index (κ2) is 13.0. The van der Waals surface area contributed by atoms with Gasteiger partial charge in [0.15, 0.2) is 0 Å². The van der Waals surface area contributed by atoms with Gasteiger partial charge in [0.2, 0.25) is 0 Å². The van der Waals surface area contributed by atoms with E-state index in [1.165, 1.54) is 5.56 Å². The van der Waals surface area contributed by atoms with Crippen LogP contribution in [-0.4, -0.2) is 43.4 Å². The number of aliphatic hydroxyl groups is 1. The van der Waals surface area contributed by atoms with Crippen LogP contribution < -0.4 is 15.8 Å².